The molecule has 0 saturated carbocycles. The largest absolute Gasteiger partial charge is 0.489 e. The monoisotopic (exact) mass is 337 g/mol. The molecule has 0 radical (unpaired) electrons. The molecule has 0 aliphatic heterocycles. The fourth-order valence-electron chi connectivity index (χ4n) is 2.61. The Bertz CT molecular complexity index is 786. The first-order chi connectivity index (χ1) is 12.2. The molecule has 1 aromatic heterocycles. The third-order valence-corrected chi connectivity index (χ3v) is 3.95. The van der Waals surface area contributed by atoms with Crippen LogP contribution in [0.15, 0.2) is 67.0 Å². The van der Waals surface area contributed by atoms with Crippen LogP contribution in [-0.4, -0.2) is 21.5 Å². The number of aliphatic hydroxyl groups is 1. The van der Waals surface area contributed by atoms with Gasteiger partial charge in [-0.05, 0) is 30.2 Å². The summed E-state index contributed by atoms with van der Waals surface area (Å²) in [4.78, 5) is 0. The Balaban J connectivity index is 1.61. The van der Waals surface area contributed by atoms with Crippen LogP contribution in [0.3, 0.4) is 0 Å². The molecule has 0 saturated heterocycles. The maximum absolute atomic E-state index is 8.96. The van der Waals surface area contributed by atoms with E-state index in [0.29, 0.717) is 13.2 Å². The first-order valence-electron chi connectivity index (χ1n) is 8.41. The molecule has 3 rings (SSSR count). The van der Waals surface area contributed by atoms with E-state index in [-0.39, 0.29) is 12.6 Å². The van der Waals surface area contributed by atoms with Gasteiger partial charge in [-0.1, -0.05) is 42.5 Å². The predicted molar refractivity (Wildman–Crippen MR) is 98.6 cm³/mol. The Hall–Kier alpha value is -2.79. The van der Waals surface area contributed by atoms with Crippen molar-refractivity contribution in [3.8, 4) is 5.75 Å². The lowest BCUT2D eigenvalue weighted by Gasteiger charge is -2.15. The summed E-state index contributed by atoms with van der Waals surface area (Å²) in [6.07, 6.45) is 3.66. The van der Waals surface area contributed by atoms with Crippen LogP contribution in [0.25, 0.3) is 0 Å². The summed E-state index contributed by atoms with van der Waals surface area (Å²) in [5, 5.41) is 16.6. The first kappa shape index (κ1) is 17.0. The zero-order chi connectivity index (χ0) is 17.5. The molecule has 0 fully saturated rings. The normalized spacial score (nSPS) is 11.9. The number of rotatable bonds is 8. The Morgan fingerprint density at radius 3 is 2.80 bits per heavy atom. The summed E-state index contributed by atoms with van der Waals surface area (Å²) < 4.78 is 7.61. The molecule has 2 aromatic carbocycles. The minimum absolute atomic E-state index is 0.0808. The summed E-state index contributed by atoms with van der Waals surface area (Å²) in [5.41, 5.74) is 3.22. The van der Waals surface area contributed by atoms with Gasteiger partial charge in [-0.3, -0.25) is 4.68 Å². The summed E-state index contributed by atoms with van der Waals surface area (Å²) in [6, 6.07) is 18.4. The van der Waals surface area contributed by atoms with Crippen molar-refractivity contribution in [1.82, 2.24) is 9.78 Å². The first-order valence-corrected chi connectivity index (χ1v) is 8.41. The second-order valence-corrected chi connectivity index (χ2v) is 5.93. The lowest BCUT2D eigenvalue weighted by molar-refractivity contribution is 0.269. The minimum Gasteiger partial charge on any atom is -0.489 e. The average molecular weight is 337 g/mol. The number of benzene rings is 2. The number of hydrogen-bond donors (Lipinski definition) is 2. The van der Waals surface area contributed by atoms with Gasteiger partial charge in [-0.25, -0.2) is 0 Å². The maximum atomic E-state index is 8.96. The Morgan fingerprint density at radius 1 is 1.16 bits per heavy atom. The summed E-state index contributed by atoms with van der Waals surface area (Å²) in [7, 11) is 0. The summed E-state index contributed by atoms with van der Waals surface area (Å²) in [5.74, 6) is 0.853. The van der Waals surface area contributed by atoms with Gasteiger partial charge in [0.15, 0.2) is 0 Å². The van der Waals surface area contributed by atoms with Crippen LogP contribution in [0.2, 0.25) is 0 Å². The van der Waals surface area contributed by atoms with Crippen molar-refractivity contribution in [3.63, 3.8) is 0 Å². The molecule has 3 aromatic rings. The van der Waals surface area contributed by atoms with Crippen molar-refractivity contribution in [2.24, 2.45) is 0 Å². The molecule has 25 heavy (non-hydrogen) atoms. The number of aromatic nitrogens is 2. The average Bonchev–Trinajstić information content (AvgIpc) is 3.08. The lowest BCUT2D eigenvalue weighted by atomic mass is 10.1. The van der Waals surface area contributed by atoms with Gasteiger partial charge in [-0.15, -0.1) is 0 Å². The van der Waals surface area contributed by atoms with E-state index < -0.39 is 0 Å². The van der Waals surface area contributed by atoms with Crippen LogP contribution in [0.5, 0.6) is 5.75 Å². The number of nitrogens with one attached hydrogen (secondary N) is 1. The molecule has 0 aliphatic rings. The van der Waals surface area contributed by atoms with E-state index in [4.69, 9.17) is 9.84 Å². The molecule has 0 amide bonds. The second kappa shape index (κ2) is 8.35. The van der Waals surface area contributed by atoms with Gasteiger partial charge < -0.3 is 15.2 Å². The third-order valence-electron chi connectivity index (χ3n) is 3.95. The molecular weight excluding hydrogens is 314 g/mol. The van der Waals surface area contributed by atoms with E-state index in [1.54, 1.807) is 10.9 Å². The molecule has 0 aliphatic carbocycles. The van der Waals surface area contributed by atoms with Gasteiger partial charge in [0.1, 0.15) is 12.4 Å². The zero-order valence-corrected chi connectivity index (χ0v) is 14.3. The molecule has 130 valence electrons. The summed E-state index contributed by atoms with van der Waals surface area (Å²) in [6.45, 7) is 3.23. The SMILES string of the molecule is CC(Nc1cnn(CCO)c1)c1cccc(OCc2ccccc2)c1. The van der Waals surface area contributed by atoms with Crippen LogP contribution in [0.4, 0.5) is 5.69 Å². The number of nitrogens with zero attached hydrogens (tertiary/aromatic N) is 2. The van der Waals surface area contributed by atoms with Crippen molar-refractivity contribution in [3.05, 3.63) is 78.1 Å². The highest BCUT2D eigenvalue weighted by Crippen LogP contribution is 2.23. The molecule has 5 nitrogen and oxygen atoms in total. The quantitative estimate of drug-likeness (QED) is 0.659. The smallest absolute Gasteiger partial charge is 0.120 e. The van der Waals surface area contributed by atoms with Crippen molar-refractivity contribution >= 4 is 5.69 Å². The van der Waals surface area contributed by atoms with Gasteiger partial charge in [0.25, 0.3) is 0 Å². The molecule has 2 N–H and O–H groups in total. The van der Waals surface area contributed by atoms with Crippen LogP contribution in [-0.2, 0) is 13.2 Å². The molecule has 1 heterocycles. The van der Waals surface area contributed by atoms with E-state index in [1.807, 2.05) is 36.5 Å². The Labute approximate surface area is 147 Å². The highest BCUT2D eigenvalue weighted by Gasteiger charge is 2.08. The topological polar surface area (TPSA) is 59.3 Å². The molecule has 0 spiro atoms. The molecule has 1 unspecified atom stereocenters. The Morgan fingerprint density at radius 2 is 2.00 bits per heavy atom. The van der Waals surface area contributed by atoms with Crippen molar-refractivity contribution < 1.29 is 9.84 Å². The lowest BCUT2D eigenvalue weighted by Crippen LogP contribution is -2.07. The van der Waals surface area contributed by atoms with Crippen LogP contribution < -0.4 is 10.1 Å². The molecular formula is C20H23N3O2. The number of hydrogen-bond acceptors (Lipinski definition) is 4. The highest BCUT2D eigenvalue weighted by molar-refractivity contribution is 5.42. The number of aliphatic hydroxyl groups excluding tert-OH is 1. The molecule has 1 atom stereocenters. The third kappa shape index (κ3) is 4.84. The molecule has 0 bridgehead atoms. The minimum atomic E-state index is 0.0808. The van der Waals surface area contributed by atoms with E-state index in [2.05, 4.69) is 41.6 Å². The van der Waals surface area contributed by atoms with Crippen molar-refractivity contribution in [2.75, 3.05) is 11.9 Å². The van der Waals surface area contributed by atoms with E-state index in [0.717, 1.165) is 22.6 Å². The van der Waals surface area contributed by atoms with Crippen molar-refractivity contribution in [1.29, 1.82) is 0 Å². The van der Waals surface area contributed by atoms with Gasteiger partial charge in [0, 0.05) is 12.2 Å². The number of ether oxygens (including phenoxy) is 1. The standard InChI is InChI=1S/C20H23N3O2/c1-16(22-19-13-21-23(14-19)10-11-24)18-8-5-9-20(12-18)25-15-17-6-3-2-4-7-17/h2-9,12-14,16,22,24H,10-11,15H2,1H3. The van der Waals surface area contributed by atoms with E-state index >= 15 is 0 Å². The van der Waals surface area contributed by atoms with E-state index in [1.165, 1.54) is 0 Å². The van der Waals surface area contributed by atoms with Crippen LogP contribution in [0.1, 0.15) is 24.1 Å². The summed E-state index contributed by atoms with van der Waals surface area (Å²) >= 11 is 0. The van der Waals surface area contributed by atoms with Crippen molar-refractivity contribution in [2.45, 2.75) is 26.1 Å². The van der Waals surface area contributed by atoms with Gasteiger partial charge in [-0.2, -0.15) is 5.10 Å². The zero-order valence-electron chi connectivity index (χ0n) is 14.3. The second-order valence-electron chi connectivity index (χ2n) is 5.93. The van der Waals surface area contributed by atoms with E-state index in [9.17, 15) is 0 Å². The van der Waals surface area contributed by atoms with Gasteiger partial charge in [0.2, 0.25) is 0 Å². The van der Waals surface area contributed by atoms with Crippen LogP contribution >= 0.6 is 0 Å². The fraction of sp³-hybridized carbons (Fsp3) is 0.250. The highest BCUT2D eigenvalue weighted by atomic mass is 16.5. The van der Waals surface area contributed by atoms with Gasteiger partial charge in [0.05, 0.1) is 25.0 Å². The Kier molecular flexibility index (Phi) is 5.69. The maximum Gasteiger partial charge on any atom is 0.120 e. The predicted octanol–water partition coefficient (Wildman–Crippen LogP) is 3.63. The molecule has 5 heteroatoms. The van der Waals surface area contributed by atoms with Crippen LogP contribution in [0, 0.1) is 0 Å². The fourth-order valence-corrected chi connectivity index (χ4v) is 2.61. The van der Waals surface area contributed by atoms with Gasteiger partial charge >= 0.3 is 0 Å². The number of anilines is 1.